The van der Waals surface area contributed by atoms with Gasteiger partial charge in [0, 0.05) is 29.1 Å². The smallest absolute Gasteiger partial charge is 0.264 e. The molecule has 2 aromatic rings. The molecule has 2 heterocycles. The van der Waals surface area contributed by atoms with Crippen LogP contribution in [0.2, 0.25) is 5.02 Å². The van der Waals surface area contributed by atoms with Crippen molar-refractivity contribution in [2.75, 3.05) is 24.6 Å². The topological polar surface area (TPSA) is 120 Å². The summed E-state index contributed by atoms with van der Waals surface area (Å²) in [6.45, 7) is 3.36. The van der Waals surface area contributed by atoms with Crippen LogP contribution in [0.4, 0.5) is 5.69 Å². The maximum Gasteiger partial charge on any atom is 0.264 e. The van der Waals surface area contributed by atoms with Gasteiger partial charge in [-0.05, 0) is 111 Å². The van der Waals surface area contributed by atoms with Crippen LogP contribution < -0.4 is 14.4 Å². The lowest BCUT2D eigenvalue weighted by Gasteiger charge is -2.48. The Bertz CT molecular complexity index is 1700. The molecule has 0 radical (unpaired) electrons. The van der Waals surface area contributed by atoms with E-state index in [2.05, 4.69) is 21.8 Å². The van der Waals surface area contributed by atoms with E-state index in [1.165, 1.54) is 11.1 Å². The first kappa shape index (κ1) is 29.6. The van der Waals surface area contributed by atoms with Gasteiger partial charge in [0.2, 0.25) is 10.0 Å². The van der Waals surface area contributed by atoms with Crippen molar-refractivity contribution in [3.63, 3.8) is 0 Å². The van der Waals surface area contributed by atoms with Crippen molar-refractivity contribution in [3.8, 4) is 11.8 Å². The van der Waals surface area contributed by atoms with E-state index in [9.17, 15) is 23.6 Å². The highest BCUT2D eigenvalue weighted by atomic mass is 35.5. The summed E-state index contributed by atoms with van der Waals surface area (Å²) in [6, 6.07) is 13.4. The normalized spacial score (nSPS) is 36.2. The average molecular weight is 636 g/mol. The second kappa shape index (κ2) is 10.5. The lowest BCUT2D eigenvalue weighted by molar-refractivity contribution is -0.0417. The third-order valence-corrected chi connectivity index (χ3v) is 13.6. The number of allylic oxidation sites excluding steroid dienone is 1. The zero-order valence-corrected chi connectivity index (χ0v) is 26.5. The van der Waals surface area contributed by atoms with Gasteiger partial charge in [0.1, 0.15) is 5.75 Å². The Morgan fingerprint density at radius 1 is 1.23 bits per heavy atom. The number of benzene rings is 2. The van der Waals surface area contributed by atoms with Gasteiger partial charge in [-0.1, -0.05) is 29.8 Å². The van der Waals surface area contributed by atoms with E-state index in [0.717, 1.165) is 37.8 Å². The van der Waals surface area contributed by atoms with Gasteiger partial charge in [-0.2, -0.15) is 5.26 Å². The number of nitriles is 1. The molecule has 1 spiro atoms. The lowest BCUT2D eigenvalue weighted by Crippen LogP contribution is -2.52. The molecule has 0 saturated heterocycles. The molecule has 10 heteroatoms. The van der Waals surface area contributed by atoms with Gasteiger partial charge in [-0.3, -0.25) is 4.79 Å². The number of anilines is 1. The van der Waals surface area contributed by atoms with Crippen LogP contribution in [-0.4, -0.2) is 49.5 Å². The minimum absolute atomic E-state index is 0.0249. The van der Waals surface area contributed by atoms with Gasteiger partial charge in [-0.25, -0.2) is 13.1 Å². The highest BCUT2D eigenvalue weighted by Gasteiger charge is 2.60. The number of aliphatic hydroxyl groups is 1. The van der Waals surface area contributed by atoms with E-state index in [1.807, 2.05) is 18.2 Å². The fourth-order valence-corrected chi connectivity index (χ4v) is 10.00. The molecule has 2 saturated carbocycles. The molecule has 3 aliphatic carbocycles. The van der Waals surface area contributed by atoms with Crippen molar-refractivity contribution < 1.29 is 23.1 Å². The van der Waals surface area contributed by atoms with E-state index in [1.54, 1.807) is 31.2 Å². The van der Waals surface area contributed by atoms with Crippen molar-refractivity contribution in [2.24, 2.45) is 17.8 Å². The summed E-state index contributed by atoms with van der Waals surface area (Å²) in [5.41, 5.74) is 1.82. The Morgan fingerprint density at radius 3 is 2.84 bits per heavy atom. The Kier molecular flexibility index (Phi) is 7.07. The number of amides is 1. The molecule has 232 valence electrons. The Hall–Kier alpha value is -3.06. The quantitative estimate of drug-likeness (QED) is 0.409. The number of nitrogens with zero attached hydrogens (tertiary/aromatic N) is 2. The molecule has 2 aromatic carbocycles. The van der Waals surface area contributed by atoms with Crippen molar-refractivity contribution in [1.29, 1.82) is 5.26 Å². The maximum absolute atomic E-state index is 13.4. The maximum atomic E-state index is 13.4. The summed E-state index contributed by atoms with van der Waals surface area (Å²) >= 11 is 6.40. The van der Waals surface area contributed by atoms with E-state index in [4.69, 9.17) is 16.3 Å². The predicted octanol–water partition coefficient (Wildman–Crippen LogP) is 5.28. The summed E-state index contributed by atoms with van der Waals surface area (Å²) in [4.78, 5) is 15.7. The van der Waals surface area contributed by atoms with Gasteiger partial charge < -0.3 is 14.7 Å². The minimum atomic E-state index is -3.96. The SMILES string of the molecule is C[C@@]12C[C@H]1C/C=C/[C@](O)(CC#N)[C@@H]1CC[C@H]1CN1C[C@@]3(CCCc4cc(Cl)ccc43)COc3ccc(cc31)C(=O)NS2(=O)=O. The molecule has 44 heavy (non-hydrogen) atoms. The molecule has 5 aliphatic rings. The summed E-state index contributed by atoms with van der Waals surface area (Å²) in [5, 5.41) is 22.3. The summed E-state index contributed by atoms with van der Waals surface area (Å²) in [6.07, 6.45) is 9.00. The number of halogens is 1. The standard InChI is InChI=1S/C34H38ClN3O5S/c1-32-18-25(32)5-3-13-34(40,14-15-36)28-9-6-24(28)19-38-20-33(12-2-4-22-16-26(35)8-10-27(22)33)21-43-30-11-7-23(17-29(30)38)31(39)37-44(32,41)42/h3,7-8,10-11,13,16-17,24-25,28,40H,2,4-6,9,12,14,18-21H2,1H3,(H,37,39)/b13-3+/t24-,25+,28+,32+,33-,34-/m0/s1. The molecule has 2 bridgehead atoms. The van der Waals surface area contributed by atoms with Crippen molar-refractivity contribution in [3.05, 3.63) is 70.3 Å². The Balaban J connectivity index is 1.33. The second-order valence-corrected chi connectivity index (χ2v) is 16.4. The number of ether oxygens (including phenoxy) is 1. The minimum Gasteiger partial charge on any atom is -0.490 e. The number of hydrogen-bond donors (Lipinski definition) is 2. The van der Waals surface area contributed by atoms with Gasteiger partial charge in [0.15, 0.2) is 0 Å². The zero-order chi connectivity index (χ0) is 30.9. The number of carbonyl (C=O) groups is 1. The van der Waals surface area contributed by atoms with Gasteiger partial charge in [-0.15, -0.1) is 0 Å². The van der Waals surface area contributed by atoms with E-state index < -0.39 is 26.3 Å². The predicted molar refractivity (Wildman–Crippen MR) is 168 cm³/mol. The third-order valence-electron chi connectivity index (χ3n) is 11.2. The number of fused-ring (bicyclic) bond motifs is 5. The molecular weight excluding hydrogens is 598 g/mol. The van der Waals surface area contributed by atoms with Crippen LogP contribution >= 0.6 is 11.6 Å². The fraction of sp³-hybridized carbons (Fsp3) is 0.529. The fourth-order valence-electron chi connectivity index (χ4n) is 8.25. The first-order chi connectivity index (χ1) is 21.0. The van der Waals surface area contributed by atoms with Crippen molar-refractivity contribution >= 4 is 33.2 Å². The van der Waals surface area contributed by atoms with Gasteiger partial charge in [0.05, 0.1) is 35.1 Å². The highest BCUT2D eigenvalue weighted by molar-refractivity contribution is 7.91. The lowest BCUT2D eigenvalue weighted by atomic mass is 9.63. The van der Waals surface area contributed by atoms with Crippen LogP contribution in [-0.2, 0) is 21.9 Å². The zero-order valence-electron chi connectivity index (χ0n) is 24.9. The molecule has 2 aliphatic heterocycles. The molecule has 0 aromatic heterocycles. The summed E-state index contributed by atoms with van der Waals surface area (Å²) in [5.74, 6) is -0.190. The molecule has 0 unspecified atom stereocenters. The first-order valence-corrected chi connectivity index (χ1v) is 17.5. The molecule has 1 amide bonds. The summed E-state index contributed by atoms with van der Waals surface area (Å²) < 4.78 is 34.6. The molecule has 2 N–H and O–H groups in total. The summed E-state index contributed by atoms with van der Waals surface area (Å²) in [7, 11) is -3.96. The average Bonchev–Trinajstić information content (AvgIpc) is 3.67. The van der Waals surface area contributed by atoms with Crippen molar-refractivity contribution in [1.82, 2.24) is 4.72 Å². The molecule has 8 nitrogen and oxygen atoms in total. The largest absolute Gasteiger partial charge is 0.490 e. The number of rotatable bonds is 1. The Morgan fingerprint density at radius 2 is 2.07 bits per heavy atom. The van der Waals surface area contributed by atoms with Gasteiger partial charge >= 0.3 is 0 Å². The molecule has 2 fully saturated rings. The van der Waals surface area contributed by atoms with Crippen LogP contribution in [0.1, 0.15) is 73.4 Å². The van der Waals surface area contributed by atoms with Crippen LogP contribution in [0.15, 0.2) is 48.6 Å². The molecule has 6 atom stereocenters. The number of hydrogen-bond acceptors (Lipinski definition) is 7. The third kappa shape index (κ3) is 4.81. The second-order valence-electron chi connectivity index (χ2n) is 13.8. The Labute approximate surface area is 264 Å². The molecular formula is C34H38ClN3O5S. The highest BCUT2D eigenvalue weighted by Crippen LogP contribution is 2.53. The molecule has 7 rings (SSSR count). The van der Waals surface area contributed by atoms with Crippen LogP contribution in [0.5, 0.6) is 5.75 Å². The van der Waals surface area contributed by atoms with E-state index in [0.29, 0.717) is 43.3 Å². The van der Waals surface area contributed by atoms with E-state index >= 15 is 0 Å². The monoisotopic (exact) mass is 635 g/mol. The number of sulfonamides is 1. The van der Waals surface area contributed by atoms with E-state index in [-0.39, 0.29) is 35.2 Å². The van der Waals surface area contributed by atoms with Gasteiger partial charge in [0.25, 0.3) is 5.91 Å². The number of nitrogens with one attached hydrogen (secondary N) is 1. The van der Waals surface area contributed by atoms with Crippen LogP contribution in [0.3, 0.4) is 0 Å². The first-order valence-electron chi connectivity index (χ1n) is 15.6. The van der Waals surface area contributed by atoms with Crippen LogP contribution in [0, 0.1) is 29.1 Å². The van der Waals surface area contributed by atoms with Crippen LogP contribution in [0.25, 0.3) is 0 Å². The number of carbonyl (C=O) groups excluding carboxylic acids is 1. The van der Waals surface area contributed by atoms with Crippen molar-refractivity contribution in [2.45, 2.75) is 74.1 Å². The number of aryl methyl sites for hydroxylation is 1.